The van der Waals surface area contributed by atoms with Crippen LogP contribution in [0.25, 0.3) is 0 Å². The quantitative estimate of drug-likeness (QED) is 0.627. The Morgan fingerprint density at radius 3 is 2.65 bits per heavy atom. The molecule has 0 aromatic carbocycles. The fourth-order valence-electron chi connectivity index (χ4n) is 1.85. The molecule has 98 valence electrons. The number of unbranched alkanes of at least 4 members (excludes halogenated alkanes) is 3. The van der Waals surface area contributed by atoms with Crippen molar-refractivity contribution in [3.63, 3.8) is 0 Å². The maximum Gasteiger partial charge on any atom is 0.303 e. The zero-order valence-corrected chi connectivity index (χ0v) is 10.1. The molecule has 5 nitrogen and oxygen atoms in total. The van der Waals surface area contributed by atoms with E-state index in [1.54, 1.807) is 0 Å². The van der Waals surface area contributed by atoms with E-state index in [0.717, 1.165) is 32.1 Å². The first-order valence-corrected chi connectivity index (χ1v) is 6.27. The molecule has 1 aliphatic rings. The monoisotopic (exact) mass is 243 g/mol. The molecule has 1 amide bonds. The van der Waals surface area contributed by atoms with Crippen LogP contribution in [0.15, 0.2) is 0 Å². The van der Waals surface area contributed by atoms with Crippen LogP contribution < -0.4 is 5.32 Å². The lowest BCUT2D eigenvalue weighted by atomic mass is 10.1. The minimum Gasteiger partial charge on any atom is -0.481 e. The zero-order chi connectivity index (χ0) is 12.5. The van der Waals surface area contributed by atoms with Crippen LogP contribution in [-0.4, -0.2) is 36.7 Å². The number of hydrogen-bond donors (Lipinski definition) is 2. The van der Waals surface area contributed by atoms with Gasteiger partial charge in [-0.2, -0.15) is 0 Å². The Balaban J connectivity index is 1.89. The number of carboxylic acids is 1. The highest BCUT2D eigenvalue weighted by atomic mass is 16.5. The maximum absolute atomic E-state index is 11.6. The van der Waals surface area contributed by atoms with Gasteiger partial charge in [0.15, 0.2) is 0 Å². The SMILES string of the molecule is O=C(O)CCCCCCNC(=O)C1CCOC1. The van der Waals surface area contributed by atoms with Gasteiger partial charge in [-0.1, -0.05) is 12.8 Å². The van der Waals surface area contributed by atoms with Gasteiger partial charge in [0, 0.05) is 19.6 Å². The maximum atomic E-state index is 11.6. The van der Waals surface area contributed by atoms with Crippen molar-refractivity contribution in [2.45, 2.75) is 38.5 Å². The number of nitrogens with one attached hydrogen (secondary N) is 1. The van der Waals surface area contributed by atoms with Gasteiger partial charge in [-0.3, -0.25) is 9.59 Å². The molecule has 0 saturated carbocycles. The van der Waals surface area contributed by atoms with Gasteiger partial charge in [0.05, 0.1) is 12.5 Å². The molecule has 1 rings (SSSR count). The molecule has 1 fully saturated rings. The van der Waals surface area contributed by atoms with E-state index in [4.69, 9.17) is 9.84 Å². The Bertz CT molecular complexity index is 249. The summed E-state index contributed by atoms with van der Waals surface area (Å²) in [5.41, 5.74) is 0. The second-order valence-corrected chi connectivity index (χ2v) is 4.41. The lowest BCUT2D eigenvalue weighted by Gasteiger charge is -2.08. The third-order valence-corrected chi connectivity index (χ3v) is 2.92. The van der Waals surface area contributed by atoms with Crippen LogP contribution in [0.2, 0.25) is 0 Å². The smallest absolute Gasteiger partial charge is 0.303 e. The van der Waals surface area contributed by atoms with Crippen molar-refractivity contribution in [1.29, 1.82) is 0 Å². The van der Waals surface area contributed by atoms with Gasteiger partial charge >= 0.3 is 5.97 Å². The highest BCUT2D eigenvalue weighted by Gasteiger charge is 2.22. The summed E-state index contributed by atoms with van der Waals surface area (Å²) in [6.07, 6.45) is 4.58. The molecule has 5 heteroatoms. The van der Waals surface area contributed by atoms with Crippen LogP contribution in [0.3, 0.4) is 0 Å². The number of carbonyl (C=O) groups excluding carboxylic acids is 1. The largest absolute Gasteiger partial charge is 0.481 e. The van der Waals surface area contributed by atoms with E-state index in [9.17, 15) is 9.59 Å². The lowest BCUT2D eigenvalue weighted by Crippen LogP contribution is -2.31. The molecule has 0 aromatic heterocycles. The molecule has 2 N–H and O–H groups in total. The molecule has 1 saturated heterocycles. The molecular formula is C12H21NO4. The van der Waals surface area contributed by atoms with Crippen molar-refractivity contribution in [1.82, 2.24) is 5.32 Å². The minimum atomic E-state index is -0.737. The van der Waals surface area contributed by atoms with E-state index in [1.165, 1.54) is 0 Å². The Kier molecular flexibility index (Phi) is 6.62. The topological polar surface area (TPSA) is 75.6 Å². The zero-order valence-electron chi connectivity index (χ0n) is 10.1. The van der Waals surface area contributed by atoms with Crippen molar-refractivity contribution in [2.24, 2.45) is 5.92 Å². The van der Waals surface area contributed by atoms with Gasteiger partial charge in [0.25, 0.3) is 0 Å². The average molecular weight is 243 g/mol. The molecule has 0 radical (unpaired) electrons. The normalized spacial score (nSPS) is 19.2. The average Bonchev–Trinajstić information content (AvgIpc) is 2.80. The van der Waals surface area contributed by atoms with Crippen LogP contribution in [0.1, 0.15) is 38.5 Å². The highest BCUT2D eigenvalue weighted by molar-refractivity contribution is 5.78. The molecule has 0 bridgehead atoms. The molecule has 1 atom stereocenters. The van der Waals surface area contributed by atoms with Crippen molar-refractivity contribution < 1.29 is 19.4 Å². The van der Waals surface area contributed by atoms with Crippen LogP contribution in [0.5, 0.6) is 0 Å². The summed E-state index contributed by atoms with van der Waals surface area (Å²) in [6.45, 7) is 1.92. The van der Waals surface area contributed by atoms with Gasteiger partial charge in [0.2, 0.25) is 5.91 Å². The van der Waals surface area contributed by atoms with Crippen LogP contribution >= 0.6 is 0 Å². The van der Waals surface area contributed by atoms with E-state index in [1.807, 2.05) is 0 Å². The third kappa shape index (κ3) is 6.26. The molecule has 17 heavy (non-hydrogen) atoms. The second kappa shape index (κ2) is 8.06. The summed E-state index contributed by atoms with van der Waals surface area (Å²) < 4.78 is 5.14. The minimum absolute atomic E-state index is 0.0296. The summed E-state index contributed by atoms with van der Waals surface area (Å²) >= 11 is 0. The van der Waals surface area contributed by atoms with Crippen LogP contribution in [0.4, 0.5) is 0 Å². The van der Waals surface area contributed by atoms with Crippen molar-refractivity contribution in [2.75, 3.05) is 19.8 Å². The fraction of sp³-hybridized carbons (Fsp3) is 0.833. The Labute approximate surface area is 102 Å². The summed E-state index contributed by atoms with van der Waals surface area (Å²) in [6, 6.07) is 0. The first kappa shape index (κ1) is 14.0. The van der Waals surface area contributed by atoms with Gasteiger partial charge in [-0.15, -0.1) is 0 Å². The fourth-order valence-corrected chi connectivity index (χ4v) is 1.85. The van der Waals surface area contributed by atoms with Gasteiger partial charge in [-0.25, -0.2) is 0 Å². The number of ether oxygens (including phenoxy) is 1. The van der Waals surface area contributed by atoms with E-state index >= 15 is 0 Å². The van der Waals surface area contributed by atoms with Crippen molar-refractivity contribution >= 4 is 11.9 Å². The Morgan fingerprint density at radius 2 is 2.00 bits per heavy atom. The second-order valence-electron chi connectivity index (χ2n) is 4.41. The first-order chi connectivity index (χ1) is 8.20. The van der Waals surface area contributed by atoms with Crippen LogP contribution in [-0.2, 0) is 14.3 Å². The lowest BCUT2D eigenvalue weighted by molar-refractivity contribution is -0.137. The molecule has 0 aromatic rings. The third-order valence-electron chi connectivity index (χ3n) is 2.92. The predicted octanol–water partition coefficient (Wildman–Crippen LogP) is 1.17. The van der Waals surface area contributed by atoms with Gasteiger partial charge in [0.1, 0.15) is 0 Å². The molecule has 0 spiro atoms. The van der Waals surface area contributed by atoms with Crippen molar-refractivity contribution in [3.05, 3.63) is 0 Å². The van der Waals surface area contributed by atoms with E-state index < -0.39 is 5.97 Å². The summed E-state index contributed by atoms with van der Waals surface area (Å²) in [5, 5.41) is 11.3. The number of amides is 1. The van der Waals surface area contributed by atoms with Crippen LogP contribution in [0, 0.1) is 5.92 Å². The molecule has 0 aliphatic carbocycles. The number of rotatable bonds is 8. The molecule has 1 heterocycles. The van der Waals surface area contributed by atoms with Crippen molar-refractivity contribution in [3.8, 4) is 0 Å². The Morgan fingerprint density at radius 1 is 1.24 bits per heavy atom. The number of aliphatic carboxylic acids is 1. The summed E-state index contributed by atoms with van der Waals surface area (Å²) in [4.78, 5) is 21.8. The van der Waals surface area contributed by atoms with E-state index in [0.29, 0.717) is 19.8 Å². The standard InChI is InChI=1S/C12H21NO4/c14-11(15)5-3-1-2-4-7-13-12(16)10-6-8-17-9-10/h10H,1-9H2,(H,13,16)(H,14,15). The Hall–Kier alpha value is -1.10. The van der Waals surface area contributed by atoms with Gasteiger partial charge in [-0.05, 0) is 19.3 Å². The predicted molar refractivity (Wildman–Crippen MR) is 62.7 cm³/mol. The molecule has 1 unspecified atom stereocenters. The first-order valence-electron chi connectivity index (χ1n) is 6.27. The number of carbonyl (C=O) groups is 2. The highest BCUT2D eigenvalue weighted by Crippen LogP contribution is 2.12. The van der Waals surface area contributed by atoms with E-state index in [-0.39, 0.29) is 18.2 Å². The number of hydrogen-bond acceptors (Lipinski definition) is 3. The summed E-state index contributed by atoms with van der Waals surface area (Å²) in [7, 11) is 0. The summed E-state index contributed by atoms with van der Waals surface area (Å²) in [5.74, 6) is -0.616. The van der Waals surface area contributed by atoms with Gasteiger partial charge < -0.3 is 15.2 Å². The van der Waals surface area contributed by atoms with E-state index in [2.05, 4.69) is 5.32 Å². The molecular weight excluding hydrogens is 222 g/mol. The molecule has 1 aliphatic heterocycles. The number of carboxylic acid groups (broad SMARTS) is 1.